The summed E-state index contributed by atoms with van der Waals surface area (Å²) in [4.78, 5) is 0. The summed E-state index contributed by atoms with van der Waals surface area (Å²) in [6.07, 6.45) is 0. The molecular formula is B4U. The molecule has 0 aliphatic carbocycles. The fraction of sp³-hybridized carbons (Fsp3) is 0. The van der Waals surface area contributed by atoms with Crippen LogP contribution in [0.5, 0.6) is 0 Å². The summed E-state index contributed by atoms with van der Waals surface area (Å²) in [6, 6.07) is 0. The zero-order chi connectivity index (χ0) is 0. The van der Waals surface area contributed by atoms with Crippen molar-refractivity contribution >= 4 is 33.7 Å². The molecule has 0 atom stereocenters. The van der Waals surface area contributed by atoms with Gasteiger partial charge in [-0.3, -0.25) is 0 Å². The van der Waals surface area contributed by atoms with Crippen LogP contribution in [0.1, 0.15) is 0 Å². The Labute approximate surface area is 64.5 Å². The van der Waals surface area contributed by atoms with Crippen LogP contribution in [0.3, 0.4) is 0 Å². The molecule has 0 aromatic rings. The molecule has 16 valence electrons. The van der Waals surface area contributed by atoms with Crippen molar-refractivity contribution in [1.29, 1.82) is 0 Å². The smallest absolute Gasteiger partial charge is 0 e. The van der Waals surface area contributed by atoms with Gasteiger partial charge in [-0.15, -0.1) is 0 Å². The van der Waals surface area contributed by atoms with E-state index in [-0.39, 0.29) is 64.8 Å². The number of hydrogen-bond donors (Lipinski definition) is 0. The van der Waals surface area contributed by atoms with E-state index < -0.39 is 0 Å². The molecule has 0 aliphatic heterocycles. The van der Waals surface area contributed by atoms with Crippen molar-refractivity contribution < 1.29 is 31.1 Å². The number of hydrogen-bond acceptors (Lipinski definition) is 0. The molecule has 0 unspecified atom stereocenters. The van der Waals surface area contributed by atoms with Gasteiger partial charge in [0.25, 0.3) is 0 Å². The first-order valence-corrected chi connectivity index (χ1v) is 0. The van der Waals surface area contributed by atoms with Gasteiger partial charge in [0.2, 0.25) is 0 Å². The van der Waals surface area contributed by atoms with Crippen LogP contribution in [0.15, 0.2) is 0 Å². The van der Waals surface area contributed by atoms with E-state index in [0.29, 0.717) is 0 Å². The maximum atomic E-state index is 0. The van der Waals surface area contributed by atoms with Crippen LogP contribution in [0.4, 0.5) is 0 Å². The summed E-state index contributed by atoms with van der Waals surface area (Å²) in [5.41, 5.74) is 0. The van der Waals surface area contributed by atoms with Crippen LogP contribution in [0.25, 0.3) is 0 Å². The Balaban J connectivity index is 0. The Morgan fingerprint density at radius 1 is 0.400 bits per heavy atom. The van der Waals surface area contributed by atoms with E-state index in [1.807, 2.05) is 0 Å². The van der Waals surface area contributed by atoms with E-state index in [2.05, 4.69) is 0 Å². The van der Waals surface area contributed by atoms with Crippen molar-refractivity contribution in [3.8, 4) is 0 Å². The van der Waals surface area contributed by atoms with E-state index in [1.165, 1.54) is 0 Å². The van der Waals surface area contributed by atoms with Gasteiger partial charge in [-0.2, -0.15) is 0 Å². The Kier molecular flexibility index (Phi) is 1190. The average molecular weight is 281 g/mol. The largest absolute Gasteiger partial charge is 0 e. The van der Waals surface area contributed by atoms with E-state index >= 15 is 0 Å². The van der Waals surface area contributed by atoms with Crippen LogP contribution in [0.2, 0.25) is 0 Å². The van der Waals surface area contributed by atoms with Gasteiger partial charge in [0, 0.05) is 64.8 Å². The van der Waals surface area contributed by atoms with Crippen LogP contribution < -0.4 is 0 Å². The van der Waals surface area contributed by atoms with Crippen molar-refractivity contribution in [1.82, 2.24) is 0 Å². The third kappa shape index (κ3) is 33.9. The van der Waals surface area contributed by atoms with Gasteiger partial charge < -0.3 is 0 Å². The molecule has 0 aromatic heterocycles. The molecule has 0 N–H and O–H groups in total. The first-order valence-electron chi connectivity index (χ1n) is 0. The van der Waals surface area contributed by atoms with E-state index in [1.54, 1.807) is 0 Å². The Morgan fingerprint density at radius 2 is 0.400 bits per heavy atom. The quantitative estimate of drug-likeness (QED) is 0.473. The summed E-state index contributed by atoms with van der Waals surface area (Å²) in [5, 5.41) is 0. The van der Waals surface area contributed by atoms with Crippen molar-refractivity contribution in [3.05, 3.63) is 0 Å². The SMILES string of the molecule is [B].[B].[B].[B].[U]. The molecule has 12 radical (unpaired) electrons. The fourth-order valence-electron chi connectivity index (χ4n) is 0. The molecule has 0 heterocycles. The van der Waals surface area contributed by atoms with Gasteiger partial charge in [-0.1, -0.05) is 0 Å². The van der Waals surface area contributed by atoms with Crippen molar-refractivity contribution in [2.75, 3.05) is 0 Å². The molecule has 0 amide bonds. The fourth-order valence-corrected chi connectivity index (χ4v) is 0. The maximum Gasteiger partial charge on any atom is 0 e. The minimum Gasteiger partial charge on any atom is 0 e. The van der Waals surface area contributed by atoms with Crippen molar-refractivity contribution in [2.45, 2.75) is 0 Å². The van der Waals surface area contributed by atoms with E-state index in [4.69, 9.17) is 0 Å². The summed E-state index contributed by atoms with van der Waals surface area (Å²) < 4.78 is 0. The van der Waals surface area contributed by atoms with E-state index in [0.717, 1.165) is 0 Å². The number of rotatable bonds is 0. The van der Waals surface area contributed by atoms with Crippen LogP contribution in [0, 0.1) is 31.1 Å². The molecule has 0 rings (SSSR count). The Morgan fingerprint density at radius 3 is 0.400 bits per heavy atom. The zero-order valence-corrected chi connectivity index (χ0v) is 6.97. The van der Waals surface area contributed by atoms with Gasteiger partial charge >= 0.3 is 0 Å². The first-order chi connectivity index (χ1) is 0. The minimum atomic E-state index is 0. The Bertz CT molecular complexity index is 3.61. The van der Waals surface area contributed by atoms with Gasteiger partial charge in [0.15, 0.2) is 0 Å². The van der Waals surface area contributed by atoms with Crippen molar-refractivity contribution in [2.24, 2.45) is 0 Å². The molecule has 5 heavy (non-hydrogen) atoms. The maximum absolute atomic E-state index is 0. The standard InChI is InChI=1S/4B.U. The Hall–Kier alpha value is 1.31. The first kappa shape index (κ1) is 104. The molecule has 0 nitrogen and oxygen atoms in total. The third-order valence-corrected chi connectivity index (χ3v) is 0. The van der Waals surface area contributed by atoms with Crippen LogP contribution in [-0.4, -0.2) is 33.7 Å². The molecule has 0 aliphatic rings. The summed E-state index contributed by atoms with van der Waals surface area (Å²) >= 11 is 0. The third-order valence-electron chi connectivity index (χ3n) is 0. The molecule has 0 spiro atoms. The van der Waals surface area contributed by atoms with Gasteiger partial charge in [-0.25, -0.2) is 0 Å². The second-order valence-corrected chi connectivity index (χ2v) is 0. The van der Waals surface area contributed by atoms with Crippen molar-refractivity contribution in [3.63, 3.8) is 0 Å². The predicted octanol–water partition coefficient (Wildman–Crippen LogP) is -1.52. The summed E-state index contributed by atoms with van der Waals surface area (Å²) in [6.45, 7) is 0. The second kappa shape index (κ2) is 57.4. The van der Waals surface area contributed by atoms with Crippen LogP contribution >= 0.6 is 0 Å². The summed E-state index contributed by atoms with van der Waals surface area (Å²) in [5.74, 6) is 0. The van der Waals surface area contributed by atoms with Gasteiger partial charge in [0.1, 0.15) is 0 Å². The molecule has 0 bridgehead atoms. The molecule has 0 saturated heterocycles. The average Bonchev–Trinajstić information content (AvgIpc) is 0. The molecular weight excluding hydrogens is 281 g/mol. The molecule has 0 fully saturated rings. The van der Waals surface area contributed by atoms with Gasteiger partial charge in [-0.05, 0) is 0 Å². The minimum absolute atomic E-state index is 0. The zero-order valence-electron chi connectivity index (χ0n) is 2.81. The topological polar surface area (TPSA) is 0 Å². The molecule has 5 heteroatoms. The van der Waals surface area contributed by atoms with E-state index in [9.17, 15) is 0 Å². The molecule has 0 saturated carbocycles. The second-order valence-electron chi connectivity index (χ2n) is 0. The van der Waals surface area contributed by atoms with Gasteiger partial charge in [0.05, 0.1) is 0 Å². The normalized spacial score (nSPS) is 0. The predicted molar refractivity (Wildman–Crippen MR) is 23.0 cm³/mol. The van der Waals surface area contributed by atoms with Crippen LogP contribution in [-0.2, 0) is 0 Å². The monoisotopic (exact) mass is 282 g/mol. The summed E-state index contributed by atoms with van der Waals surface area (Å²) in [7, 11) is 0. The molecule has 0 aromatic carbocycles.